The lowest BCUT2D eigenvalue weighted by atomic mass is 9.97. The van der Waals surface area contributed by atoms with E-state index in [4.69, 9.17) is 23.7 Å². The first-order chi connectivity index (χ1) is 13.2. The standard InChI is InChI=1S/C18H20O10/c1-9(19)24-13-14(25-10(2)20)16(26-11(3)21)18(28-15(13)17(22)23)27-12-7-5-4-6-8-12/h4-8,13-16,18H,1-3H3,(H,22,23)/t13-,14-,15-,16+,18?/m0/s1. The predicted octanol–water partition coefficient (Wildman–Crippen LogP) is 0.670. The number of aliphatic carboxylic acids is 1. The quantitative estimate of drug-likeness (QED) is 0.540. The lowest BCUT2D eigenvalue weighted by molar-refractivity contribution is -0.281. The number of carboxylic acid groups (broad SMARTS) is 1. The van der Waals surface area contributed by atoms with Gasteiger partial charge in [0.1, 0.15) is 5.75 Å². The van der Waals surface area contributed by atoms with Crippen molar-refractivity contribution in [2.75, 3.05) is 0 Å². The van der Waals surface area contributed by atoms with Crippen molar-refractivity contribution in [3.8, 4) is 5.75 Å². The first-order valence-electron chi connectivity index (χ1n) is 8.30. The van der Waals surface area contributed by atoms with Gasteiger partial charge in [-0.05, 0) is 12.1 Å². The molecule has 0 radical (unpaired) electrons. The summed E-state index contributed by atoms with van der Waals surface area (Å²) in [6.07, 6.45) is -7.58. The van der Waals surface area contributed by atoms with Crippen LogP contribution in [0.4, 0.5) is 0 Å². The summed E-state index contributed by atoms with van der Waals surface area (Å²) < 4.78 is 26.4. The summed E-state index contributed by atoms with van der Waals surface area (Å²) in [5, 5.41) is 9.51. The third kappa shape index (κ3) is 5.43. The van der Waals surface area contributed by atoms with Gasteiger partial charge in [0, 0.05) is 20.8 Å². The molecule has 0 aromatic heterocycles. The number of carbonyl (C=O) groups is 4. The second-order valence-corrected chi connectivity index (χ2v) is 5.92. The first kappa shape index (κ1) is 21.2. The van der Waals surface area contributed by atoms with Crippen LogP contribution in [0, 0.1) is 0 Å². The monoisotopic (exact) mass is 396 g/mol. The highest BCUT2D eigenvalue weighted by Crippen LogP contribution is 2.30. The summed E-state index contributed by atoms with van der Waals surface area (Å²) in [7, 11) is 0. The Hall–Kier alpha value is -3.14. The average Bonchev–Trinajstić information content (AvgIpc) is 2.59. The molecular weight excluding hydrogens is 376 g/mol. The van der Waals surface area contributed by atoms with Gasteiger partial charge in [-0.3, -0.25) is 14.4 Å². The predicted molar refractivity (Wildman–Crippen MR) is 90.0 cm³/mol. The molecule has 1 aromatic carbocycles. The number of hydrogen-bond acceptors (Lipinski definition) is 9. The Kier molecular flexibility index (Phi) is 6.94. The van der Waals surface area contributed by atoms with Gasteiger partial charge in [-0.15, -0.1) is 0 Å². The molecule has 10 nitrogen and oxygen atoms in total. The van der Waals surface area contributed by atoms with Crippen molar-refractivity contribution in [1.29, 1.82) is 0 Å². The highest BCUT2D eigenvalue weighted by molar-refractivity contribution is 5.75. The molecule has 1 saturated heterocycles. The highest BCUT2D eigenvalue weighted by atomic mass is 16.7. The maximum Gasteiger partial charge on any atom is 0.337 e. The molecule has 1 aromatic rings. The normalized spacial score (nSPS) is 26.6. The minimum atomic E-state index is -1.73. The largest absolute Gasteiger partial charge is 0.479 e. The summed E-state index contributed by atoms with van der Waals surface area (Å²) in [6, 6.07) is 8.21. The molecule has 1 aliphatic rings. The average molecular weight is 396 g/mol. The SMILES string of the molecule is CC(=O)O[C@H]1[C@H](OC(C)=O)[C@@H](OC(C)=O)C(Oc2ccccc2)O[C@@H]1C(=O)O. The Balaban J connectivity index is 2.44. The molecular formula is C18H20O10. The number of hydrogen-bond donors (Lipinski definition) is 1. The van der Waals surface area contributed by atoms with Crippen LogP contribution in [0.1, 0.15) is 20.8 Å². The second-order valence-electron chi connectivity index (χ2n) is 5.92. The van der Waals surface area contributed by atoms with E-state index in [2.05, 4.69) is 0 Å². The van der Waals surface area contributed by atoms with Crippen LogP contribution in [-0.4, -0.2) is 59.7 Å². The van der Waals surface area contributed by atoms with E-state index in [1.165, 1.54) is 0 Å². The van der Waals surface area contributed by atoms with Crippen LogP contribution in [0.15, 0.2) is 30.3 Å². The van der Waals surface area contributed by atoms with Crippen LogP contribution < -0.4 is 4.74 Å². The van der Waals surface area contributed by atoms with E-state index in [1.54, 1.807) is 30.3 Å². The number of carbonyl (C=O) groups excluding carboxylic acids is 3. The number of rotatable bonds is 6. The van der Waals surface area contributed by atoms with E-state index >= 15 is 0 Å². The molecule has 1 unspecified atom stereocenters. The van der Waals surface area contributed by atoms with Gasteiger partial charge in [0.2, 0.25) is 12.4 Å². The van der Waals surface area contributed by atoms with Crippen LogP contribution in [0.25, 0.3) is 0 Å². The van der Waals surface area contributed by atoms with Gasteiger partial charge in [-0.2, -0.15) is 0 Å². The van der Waals surface area contributed by atoms with Crippen LogP contribution >= 0.6 is 0 Å². The van der Waals surface area contributed by atoms with Crippen molar-refractivity contribution < 1.29 is 48.0 Å². The Morgan fingerprint density at radius 2 is 1.32 bits per heavy atom. The number of carboxylic acids is 1. The minimum absolute atomic E-state index is 0.293. The number of para-hydroxylation sites is 1. The molecule has 10 heteroatoms. The number of esters is 3. The second kappa shape index (κ2) is 9.18. The maximum atomic E-state index is 11.7. The van der Waals surface area contributed by atoms with Gasteiger partial charge in [0.15, 0.2) is 18.3 Å². The molecule has 0 aliphatic carbocycles. The fourth-order valence-corrected chi connectivity index (χ4v) is 2.70. The summed E-state index contributed by atoms with van der Waals surface area (Å²) in [6.45, 7) is 3.24. The van der Waals surface area contributed by atoms with Gasteiger partial charge in [-0.1, -0.05) is 18.2 Å². The summed E-state index contributed by atoms with van der Waals surface area (Å²) in [5.74, 6) is -3.58. The lowest BCUT2D eigenvalue weighted by Gasteiger charge is -2.42. The summed E-state index contributed by atoms with van der Waals surface area (Å²) in [5.41, 5.74) is 0. The number of ether oxygens (including phenoxy) is 5. The Labute approximate surface area is 160 Å². The summed E-state index contributed by atoms with van der Waals surface area (Å²) in [4.78, 5) is 46.3. The zero-order chi connectivity index (χ0) is 20.8. The van der Waals surface area contributed by atoms with Crippen molar-refractivity contribution in [3.63, 3.8) is 0 Å². The van der Waals surface area contributed by atoms with Gasteiger partial charge in [-0.25, -0.2) is 4.79 Å². The topological polar surface area (TPSA) is 135 Å². The molecule has 1 fully saturated rings. The van der Waals surface area contributed by atoms with Crippen molar-refractivity contribution >= 4 is 23.9 Å². The maximum absolute atomic E-state index is 11.7. The fraction of sp³-hybridized carbons (Fsp3) is 0.444. The molecule has 1 aliphatic heterocycles. The molecule has 1 N–H and O–H groups in total. The molecule has 0 bridgehead atoms. The van der Waals surface area contributed by atoms with E-state index in [0.717, 1.165) is 20.8 Å². The van der Waals surface area contributed by atoms with Crippen molar-refractivity contribution in [3.05, 3.63) is 30.3 Å². The van der Waals surface area contributed by atoms with E-state index in [0.29, 0.717) is 5.75 Å². The van der Waals surface area contributed by atoms with Crippen molar-refractivity contribution in [2.24, 2.45) is 0 Å². The van der Waals surface area contributed by atoms with E-state index in [-0.39, 0.29) is 0 Å². The Morgan fingerprint density at radius 1 is 0.821 bits per heavy atom. The minimum Gasteiger partial charge on any atom is -0.479 e. The van der Waals surface area contributed by atoms with Crippen LogP contribution in [0.3, 0.4) is 0 Å². The van der Waals surface area contributed by atoms with Gasteiger partial charge in [0.25, 0.3) is 0 Å². The van der Waals surface area contributed by atoms with Crippen molar-refractivity contribution in [1.82, 2.24) is 0 Å². The molecule has 2 rings (SSSR count). The molecule has 0 amide bonds. The Morgan fingerprint density at radius 3 is 1.82 bits per heavy atom. The van der Waals surface area contributed by atoms with Gasteiger partial charge in [0.05, 0.1) is 0 Å². The third-order valence-corrected chi connectivity index (χ3v) is 3.64. The molecule has 1 heterocycles. The van der Waals surface area contributed by atoms with E-state index in [1.807, 2.05) is 0 Å². The molecule has 28 heavy (non-hydrogen) atoms. The van der Waals surface area contributed by atoms with E-state index in [9.17, 15) is 24.3 Å². The molecule has 152 valence electrons. The zero-order valence-corrected chi connectivity index (χ0v) is 15.4. The molecule has 0 spiro atoms. The Bertz CT molecular complexity index is 731. The van der Waals surface area contributed by atoms with Gasteiger partial charge >= 0.3 is 23.9 Å². The van der Waals surface area contributed by atoms with E-state index < -0.39 is 54.6 Å². The summed E-state index contributed by atoms with van der Waals surface area (Å²) >= 11 is 0. The van der Waals surface area contributed by atoms with Crippen LogP contribution in [0.5, 0.6) is 5.75 Å². The number of benzene rings is 1. The fourth-order valence-electron chi connectivity index (χ4n) is 2.70. The smallest absolute Gasteiger partial charge is 0.337 e. The third-order valence-electron chi connectivity index (χ3n) is 3.64. The highest BCUT2D eigenvalue weighted by Gasteiger charge is 2.55. The molecule has 5 atom stereocenters. The first-order valence-corrected chi connectivity index (χ1v) is 8.30. The van der Waals surface area contributed by atoms with Crippen LogP contribution in [-0.2, 0) is 38.1 Å². The zero-order valence-electron chi connectivity index (χ0n) is 15.4. The van der Waals surface area contributed by atoms with Crippen molar-refractivity contribution in [2.45, 2.75) is 51.5 Å². The van der Waals surface area contributed by atoms with Gasteiger partial charge < -0.3 is 28.8 Å². The van der Waals surface area contributed by atoms with Crippen LogP contribution in [0.2, 0.25) is 0 Å². The molecule has 0 saturated carbocycles. The lowest BCUT2D eigenvalue weighted by Crippen LogP contribution is -2.64.